The maximum atomic E-state index is 10.5. The summed E-state index contributed by atoms with van der Waals surface area (Å²) in [5, 5.41) is 42.1. The van der Waals surface area contributed by atoms with E-state index in [1.807, 2.05) is 43.6 Å². The van der Waals surface area contributed by atoms with Crippen LogP contribution in [0.3, 0.4) is 0 Å². The minimum atomic E-state index is -1.41. The van der Waals surface area contributed by atoms with Crippen molar-refractivity contribution < 1.29 is 25.2 Å². The highest BCUT2D eigenvalue weighted by molar-refractivity contribution is 7.11. The van der Waals surface area contributed by atoms with Crippen LogP contribution in [0.5, 0.6) is 0 Å². The Kier molecular flexibility index (Phi) is 5.02. The monoisotopic (exact) mass is 390 g/mol. The van der Waals surface area contributed by atoms with Crippen molar-refractivity contribution in [2.75, 3.05) is 6.61 Å². The summed E-state index contributed by atoms with van der Waals surface area (Å²) in [6.07, 6.45) is -1.60. The number of hydrogen-bond acceptors (Lipinski definition) is 7. The van der Waals surface area contributed by atoms with Crippen LogP contribution in [0.15, 0.2) is 36.7 Å². The number of hydrogen-bond donors (Lipinski definition) is 4. The molecule has 2 aromatic heterocycles. The van der Waals surface area contributed by atoms with Gasteiger partial charge in [-0.3, -0.25) is 0 Å². The smallest absolute Gasteiger partial charge is 0.163 e. The fraction of sp³-hybridized carbons (Fsp3) is 0.421. The Balaban J connectivity index is 1.75. The van der Waals surface area contributed by atoms with Crippen molar-refractivity contribution in [2.45, 2.75) is 44.0 Å². The largest absolute Gasteiger partial charge is 0.394 e. The summed E-state index contributed by atoms with van der Waals surface area (Å²) >= 11 is 1.63. The first-order chi connectivity index (χ1) is 13.0. The van der Waals surface area contributed by atoms with Crippen LogP contribution in [0.2, 0.25) is 0 Å². The molecule has 1 saturated heterocycles. The number of aliphatic hydroxyl groups is 4. The summed E-state index contributed by atoms with van der Waals surface area (Å²) < 4.78 is 7.49. The van der Waals surface area contributed by atoms with E-state index in [-0.39, 0.29) is 0 Å². The van der Waals surface area contributed by atoms with Crippen molar-refractivity contribution in [1.82, 2.24) is 9.55 Å². The molecule has 1 aliphatic rings. The predicted molar refractivity (Wildman–Crippen MR) is 101 cm³/mol. The van der Waals surface area contributed by atoms with Crippen LogP contribution >= 0.6 is 11.3 Å². The number of fused-ring (bicyclic) bond motifs is 1. The molecule has 0 aliphatic carbocycles. The first-order valence-electron chi connectivity index (χ1n) is 8.80. The summed E-state index contributed by atoms with van der Waals surface area (Å²) in [6, 6.07) is 7.73. The molecule has 0 unspecified atom stereocenters. The molecule has 0 spiro atoms. The fourth-order valence-corrected chi connectivity index (χ4v) is 4.40. The van der Waals surface area contributed by atoms with E-state index < -0.39 is 37.3 Å². The fourth-order valence-electron chi connectivity index (χ4n) is 3.59. The number of ether oxygens (including phenoxy) is 1. The van der Waals surface area contributed by atoms with E-state index in [2.05, 4.69) is 4.98 Å². The molecule has 0 amide bonds. The standard InChI is InChI=1S/C19H22N2O5S/c1-10-7-20-15(27-10)6-11-8-21(13-5-3-2-4-12(11)13)19-18(25)17(24)16(23)14(9-22)26-19/h2-5,7-8,14,16-19,22-25H,6,9H2,1H3/t14-,16-,17+,18-,19-/m1/s1. The topological polar surface area (TPSA) is 108 Å². The van der Waals surface area contributed by atoms with E-state index >= 15 is 0 Å². The number of rotatable bonds is 4. The van der Waals surface area contributed by atoms with Crippen molar-refractivity contribution in [1.29, 1.82) is 0 Å². The second-order valence-corrected chi connectivity index (χ2v) is 8.16. The van der Waals surface area contributed by atoms with Gasteiger partial charge in [-0.25, -0.2) is 4.98 Å². The van der Waals surface area contributed by atoms with Crippen molar-refractivity contribution in [3.63, 3.8) is 0 Å². The van der Waals surface area contributed by atoms with Gasteiger partial charge in [-0.2, -0.15) is 0 Å². The Morgan fingerprint density at radius 2 is 1.93 bits per heavy atom. The average Bonchev–Trinajstić information content (AvgIpc) is 3.24. The Morgan fingerprint density at radius 3 is 2.63 bits per heavy atom. The molecule has 5 atom stereocenters. The van der Waals surface area contributed by atoms with Crippen molar-refractivity contribution in [3.8, 4) is 0 Å². The zero-order valence-electron chi connectivity index (χ0n) is 14.8. The lowest BCUT2D eigenvalue weighted by Gasteiger charge is -2.40. The lowest BCUT2D eigenvalue weighted by Crippen LogP contribution is -2.56. The minimum absolute atomic E-state index is 0.452. The van der Waals surface area contributed by atoms with Gasteiger partial charge in [0.05, 0.1) is 17.1 Å². The molecule has 1 aliphatic heterocycles. The van der Waals surface area contributed by atoms with E-state index in [9.17, 15) is 20.4 Å². The van der Waals surface area contributed by atoms with Gasteiger partial charge in [0.2, 0.25) is 0 Å². The van der Waals surface area contributed by atoms with Crippen LogP contribution in [-0.4, -0.2) is 61.0 Å². The number of nitrogens with zero attached hydrogens (tertiary/aromatic N) is 2. The van der Waals surface area contributed by atoms with E-state index in [1.165, 1.54) is 0 Å². The van der Waals surface area contributed by atoms with Crippen LogP contribution < -0.4 is 0 Å². The molecule has 0 saturated carbocycles. The number of aryl methyl sites for hydroxylation is 1. The van der Waals surface area contributed by atoms with Gasteiger partial charge < -0.3 is 29.7 Å². The molecular weight excluding hydrogens is 368 g/mol. The van der Waals surface area contributed by atoms with Gasteiger partial charge in [0.1, 0.15) is 24.4 Å². The summed E-state index contributed by atoms with van der Waals surface area (Å²) in [5.74, 6) is 0. The van der Waals surface area contributed by atoms with E-state index in [0.717, 1.165) is 26.4 Å². The van der Waals surface area contributed by atoms with E-state index in [0.29, 0.717) is 6.42 Å². The van der Waals surface area contributed by atoms with Gasteiger partial charge in [-0.1, -0.05) is 18.2 Å². The zero-order chi connectivity index (χ0) is 19.1. The maximum absolute atomic E-state index is 10.5. The molecule has 0 radical (unpaired) electrons. The average molecular weight is 390 g/mol. The highest BCUT2D eigenvalue weighted by Gasteiger charge is 2.44. The van der Waals surface area contributed by atoms with Crippen molar-refractivity contribution in [2.24, 2.45) is 0 Å². The lowest BCUT2D eigenvalue weighted by atomic mass is 9.98. The van der Waals surface area contributed by atoms with Gasteiger partial charge in [0.25, 0.3) is 0 Å². The molecule has 144 valence electrons. The molecule has 1 fully saturated rings. The Hall–Kier alpha value is -1.81. The quantitative estimate of drug-likeness (QED) is 0.529. The Bertz CT molecular complexity index is 937. The molecule has 4 N–H and O–H groups in total. The first-order valence-corrected chi connectivity index (χ1v) is 9.61. The Labute approximate surface area is 160 Å². The second kappa shape index (κ2) is 7.31. The van der Waals surface area contributed by atoms with Gasteiger partial charge in [0.15, 0.2) is 6.23 Å². The third kappa shape index (κ3) is 3.29. The molecule has 1 aromatic carbocycles. The first kappa shape index (κ1) is 18.5. The number of aromatic nitrogens is 2. The molecule has 7 nitrogen and oxygen atoms in total. The number of benzene rings is 1. The highest BCUT2D eigenvalue weighted by atomic mass is 32.1. The van der Waals surface area contributed by atoms with Crippen LogP contribution in [0.1, 0.15) is 21.7 Å². The lowest BCUT2D eigenvalue weighted by molar-refractivity contribution is -0.250. The molecule has 0 bridgehead atoms. The molecule has 27 heavy (non-hydrogen) atoms. The van der Waals surface area contributed by atoms with E-state index in [1.54, 1.807) is 15.9 Å². The van der Waals surface area contributed by atoms with Gasteiger partial charge in [0, 0.05) is 29.1 Å². The van der Waals surface area contributed by atoms with Crippen LogP contribution in [0.4, 0.5) is 0 Å². The van der Waals surface area contributed by atoms with Gasteiger partial charge in [-0.05, 0) is 18.6 Å². The molecule has 8 heteroatoms. The zero-order valence-corrected chi connectivity index (χ0v) is 15.6. The molecule has 4 rings (SSSR count). The number of thiazole rings is 1. The number of para-hydroxylation sites is 1. The normalized spacial score (nSPS) is 28.7. The third-order valence-corrected chi connectivity index (χ3v) is 5.89. The maximum Gasteiger partial charge on any atom is 0.163 e. The van der Waals surface area contributed by atoms with Crippen molar-refractivity contribution in [3.05, 3.63) is 52.1 Å². The molecule has 3 heterocycles. The van der Waals surface area contributed by atoms with Crippen LogP contribution in [-0.2, 0) is 11.2 Å². The molecule has 3 aromatic rings. The van der Waals surface area contributed by atoms with Crippen LogP contribution in [0, 0.1) is 6.92 Å². The molecular formula is C19H22N2O5S. The summed E-state index contributed by atoms with van der Waals surface area (Å²) in [6.45, 7) is 1.56. The minimum Gasteiger partial charge on any atom is -0.394 e. The SMILES string of the molecule is Cc1cnc(Cc2cn([C@@H]3O[C@H](CO)[C@@H](O)[C@H](O)[C@H]3O)c3ccccc23)s1. The number of aliphatic hydroxyl groups excluding tert-OH is 4. The van der Waals surface area contributed by atoms with Gasteiger partial charge in [-0.15, -0.1) is 11.3 Å². The van der Waals surface area contributed by atoms with E-state index in [4.69, 9.17) is 4.74 Å². The Morgan fingerprint density at radius 1 is 1.15 bits per heavy atom. The van der Waals surface area contributed by atoms with Gasteiger partial charge >= 0.3 is 0 Å². The summed E-state index contributed by atoms with van der Waals surface area (Å²) in [5.41, 5.74) is 1.86. The summed E-state index contributed by atoms with van der Waals surface area (Å²) in [7, 11) is 0. The van der Waals surface area contributed by atoms with Crippen molar-refractivity contribution >= 4 is 22.2 Å². The van der Waals surface area contributed by atoms with Crippen LogP contribution in [0.25, 0.3) is 10.9 Å². The summed E-state index contributed by atoms with van der Waals surface area (Å²) in [4.78, 5) is 5.57. The third-order valence-electron chi connectivity index (χ3n) is 4.98. The second-order valence-electron chi connectivity index (χ2n) is 6.84. The highest BCUT2D eigenvalue weighted by Crippen LogP contribution is 2.34. The predicted octanol–water partition coefficient (Wildman–Crippen LogP) is 0.969.